The molecule has 0 spiro atoms. The summed E-state index contributed by atoms with van der Waals surface area (Å²) in [5, 5.41) is 20.8. The summed E-state index contributed by atoms with van der Waals surface area (Å²) in [5.74, 6) is -1.71. The average Bonchev–Trinajstić information content (AvgIpc) is 2.44. The molecular formula is C16H25NO2. The van der Waals surface area contributed by atoms with Crippen LogP contribution in [-0.4, -0.2) is 41.4 Å². The zero-order valence-corrected chi connectivity index (χ0v) is 11.7. The second-order valence-corrected chi connectivity index (χ2v) is 5.69. The van der Waals surface area contributed by atoms with Crippen LogP contribution in [0.4, 0.5) is 0 Å². The number of hydrogen-bond acceptors (Lipinski definition) is 3. The Bertz CT molecular complexity index is 521. The molecule has 0 heterocycles. The van der Waals surface area contributed by atoms with Gasteiger partial charge in [-0.05, 0) is 44.6 Å². The van der Waals surface area contributed by atoms with Crippen LogP contribution in [0.5, 0.6) is 5.75 Å². The van der Waals surface area contributed by atoms with Crippen LogP contribution in [0.25, 0.3) is 0 Å². The van der Waals surface area contributed by atoms with E-state index in [4.69, 9.17) is 4.11 Å². The van der Waals surface area contributed by atoms with E-state index in [2.05, 4.69) is 0 Å². The van der Waals surface area contributed by atoms with Crippen LogP contribution in [0.1, 0.15) is 47.7 Å². The van der Waals surface area contributed by atoms with Gasteiger partial charge >= 0.3 is 0 Å². The minimum Gasteiger partial charge on any atom is -0.508 e. The molecule has 1 aliphatic carbocycles. The van der Waals surface area contributed by atoms with Crippen LogP contribution in [0.15, 0.2) is 24.2 Å². The molecule has 0 aromatic heterocycles. The van der Waals surface area contributed by atoms with Crippen LogP contribution >= 0.6 is 0 Å². The van der Waals surface area contributed by atoms with Crippen LogP contribution < -0.4 is 0 Å². The molecule has 0 saturated heterocycles. The Morgan fingerprint density at radius 1 is 1.32 bits per heavy atom. The van der Waals surface area contributed by atoms with Crippen molar-refractivity contribution in [2.45, 2.75) is 43.6 Å². The maximum Gasteiger partial charge on any atom is 0.115 e. The van der Waals surface area contributed by atoms with E-state index in [1.807, 2.05) is 19.0 Å². The zero-order chi connectivity index (χ0) is 16.5. The van der Waals surface area contributed by atoms with Gasteiger partial charge in [0.1, 0.15) is 5.75 Å². The summed E-state index contributed by atoms with van der Waals surface area (Å²) in [6.45, 7) is 0.299. The number of aliphatic hydroxyl groups is 1. The summed E-state index contributed by atoms with van der Waals surface area (Å²) in [7, 11) is 3.69. The summed E-state index contributed by atoms with van der Waals surface area (Å²) < 4.78 is 24.6. The normalized spacial score (nSPS) is 24.3. The molecule has 1 unspecified atom stereocenters. The van der Waals surface area contributed by atoms with Gasteiger partial charge in [-0.3, -0.25) is 0 Å². The summed E-state index contributed by atoms with van der Waals surface area (Å²) in [6, 6.07) is 2.49. The number of hydrogen-bond donors (Lipinski definition) is 2. The molecule has 0 amide bonds. The monoisotopic (exact) mass is 266 g/mol. The van der Waals surface area contributed by atoms with Gasteiger partial charge < -0.3 is 15.1 Å². The molecule has 19 heavy (non-hydrogen) atoms. The van der Waals surface area contributed by atoms with Gasteiger partial charge in [-0.2, -0.15) is 0 Å². The second kappa shape index (κ2) is 5.93. The number of aromatic hydroxyl groups is 1. The van der Waals surface area contributed by atoms with E-state index in [0.29, 0.717) is 24.9 Å². The Labute approximate surface area is 120 Å². The summed E-state index contributed by atoms with van der Waals surface area (Å²) in [5.41, 5.74) is -0.746. The summed E-state index contributed by atoms with van der Waals surface area (Å²) >= 11 is 0. The minimum absolute atomic E-state index is 0.169. The van der Waals surface area contributed by atoms with E-state index < -0.39 is 11.5 Å². The minimum atomic E-state index is -1.32. The van der Waals surface area contributed by atoms with Crippen molar-refractivity contribution in [2.24, 2.45) is 0 Å². The Balaban J connectivity index is 2.54. The number of phenols is 1. The van der Waals surface area contributed by atoms with Crippen molar-refractivity contribution in [2.75, 3.05) is 20.6 Å². The predicted octanol–water partition coefficient (Wildman–Crippen LogP) is 2.73. The maximum atomic E-state index is 11.1. The van der Waals surface area contributed by atoms with Gasteiger partial charge in [0, 0.05) is 13.8 Å². The van der Waals surface area contributed by atoms with E-state index in [-0.39, 0.29) is 17.8 Å². The van der Waals surface area contributed by atoms with E-state index in [9.17, 15) is 10.2 Å². The molecule has 0 aliphatic heterocycles. The van der Waals surface area contributed by atoms with Crippen LogP contribution in [0.2, 0.25) is 0 Å². The average molecular weight is 266 g/mol. The van der Waals surface area contributed by atoms with Gasteiger partial charge in [0.2, 0.25) is 0 Å². The van der Waals surface area contributed by atoms with Gasteiger partial charge in [-0.25, -0.2) is 0 Å². The molecule has 1 saturated carbocycles. The highest BCUT2D eigenvalue weighted by Crippen LogP contribution is 2.40. The number of benzene rings is 1. The van der Waals surface area contributed by atoms with E-state index >= 15 is 0 Å². The lowest BCUT2D eigenvalue weighted by Crippen LogP contribution is -2.42. The Morgan fingerprint density at radius 2 is 1.89 bits per heavy atom. The summed E-state index contributed by atoms with van der Waals surface area (Å²) in [4.78, 5) is 1.85. The lowest BCUT2D eigenvalue weighted by molar-refractivity contribution is -0.0277. The van der Waals surface area contributed by atoms with E-state index in [1.165, 1.54) is 12.1 Å². The molecule has 1 aliphatic rings. The molecule has 1 aromatic rings. The molecule has 106 valence electrons. The highest BCUT2D eigenvalue weighted by atomic mass is 16.3. The Morgan fingerprint density at radius 3 is 2.42 bits per heavy atom. The number of rotatable bonds is 4. The van der Waals surface area contributed by atoms with Gasteiger partial charge in [0.05, 0.1) is 8.34 Å². The van der Waals surface area contributed by atoms with Crippen molar-refractivity contribution < 1.29 is 14.3 Å². The van der Waals surface area contributed by atoms with Crippen molar-refractivity contribution in [3.05, 3.63) is 29.8 Å². The van der Waals surface area contributed by atoms with Crippen molar-refractivity contribution in [1.29, 1.82) is 0 Å². The van der Waals surface area contributed by atoms with Crippen LogP contribution in [0, 0.1) is 0 Å². The third-order valence-corrected chi connectivity index (χ3v) is 3.79. The number of nitrogens with zero attached hydrogens (tertiary/aromatic N) is 1. The second-order valence-electron chi connectivity index (χ2n) is 5.69. The van der Waals surface area contributed by atoms with Gasteiger partial charge in [-0.1, -0.05) is 31.4 Å². The number of phenolic OH excluding ortho intramolecular Hbond substituents is 1. The quantitative estimate of drug-likeness (QED) is 0.880. The van der Waals surface area contributed by atoms with E-state index in [0.717, 1.165) is 19.3 Å². The topological polar surface area (TPSA) is 43.7 Å². The largest absolute Gasteiger partial charge is 0.508 e. The molecule has 0 radical (unpaired) electrons. The zero-order valence-electron chi connectivity index (χ0n) is 14.7. The third kappa shape index (κ3) is 3.48. The lowest BCUT2D eigenvalue weighted by Gasteiger charge is -2.40. The molecule has 1 fully saturated rings. The fourth-order valence-corrected chi connectivity index (χ4v) is 2.81. The van der Waals surface area contributed by atoms with Crippen molar-refractivity contribution >= 4 is 0 Å². The molecule has 1 atom stereocenters. The molecule has 2 rings (SSSR count). The first kappa shape index (κ1) is 10.7. The first-order valence-corrected chi connectivity index (χ1v) is 6.87. The fourth-order valence-electron chi connectivity index (χ4n) is 2.81. The standard InChI is InChI=1S/C16H25NO2/c1-17(2)12-15(13-6-8-14(18)9-7-13)16(19)10-4-3-5-11-16/h6-9,15,18-19H,3-5,10-12H2,1-2H3/i8D,9D,15D. The SMILES string of the molecule is [2H]c1cc(C([2H])(CN(C)C)C2(O)CCCCC2)cc([2H])c1O. The molecule has 3 heteroatoms. The highest BCUT2D eigenvalue weighted by Gasteiger charge is 2.38. The Hall–Kier alpha value is -1.06. The van der Waals surface area contributed by atoms with Gasteiger partial charge in [0.25, 0.3) is 0 Å². The van der Waals surface area contributed by atoms with Crippen molar-refractivity contribution in [3.63, 3.8) is 0 Å². The molecule has 0 bridgehead atoms. The smallest absolute Gasteiger partial charge is 0.115 e. The fraction of sp³-hybridized carbons (Fsp3) is 0.625. The van der Waals surface area contributed by atoms with Crippen LogP contribution in [-0.2, 0) is 0 Å². The maximum absolute atomic E-state index is 11.1. The molecule has 3 nitrogen and oxygen atoms in total. The highest BCUT2D eigenvalue weighted by molar-refractivity contribution is 5.30. The molecule has 2 N–H and O–H groups in total. The predicted molar refractivity (Wildman–Crippen MR) is 77.4 cm³/mol. The van der Waals surface area contributed by atoms with Gasteiger partial charge in [-0.15, -0.1) is 0 Å². The lowest BCUT2D eigenvalue weighted by atomic mass is 9.72. The van der Waals surface area contributed by atoms with Crippen LogP contribution in [0.3, 0.4) is 0 Å². The molecular weight excluding hydrogens is 238 g/mol. The van der Waals surface area contributed by atoms with Crippen molar-refractivity contribution in [3.8, 4) is 5.75 Å². The number of likely N-dealkylation sites (N-methyl/N-ethyl adjacent to an activating group) is 1. The molecule has 1 aromatic carbocycles. The summed E-state index contributed by atoms with van der Waals surface area (Å²) in [6.07, 6.45) is 3.91. The third-order valence-electron chi connectivity index (χ3n) is 3.79. The Kier molecular flexibility index (Phi) is 3.34. The first-order chi connectivity index (χ1) is 10.2. The van der Waals surface area contributed by atoms with Gasteiger partial charge in [0.15, 0.2) is 0 Å². The van der Waals surface area contributed by atoms with Crippen molar-refractivity contribution in [1.82, 2.24) is 4.90 Å². The van der Waals surface area contributed by atoms with E-state index in [1.54, 1.807) is 0 Å². The first-order valence-electron chi connectivity index (χ1n) is 8.37.